The molecule has 3 aromatic rings. The molecular formula is C28H31N3OS. The molecule has 1 amide bonds. The molecule has 0 bridgehead atoms. The minimum atomic E-state index is 0.142. The Bertz CT molecular complexity index is 1130. The molecule has 170 valence electrons. The van der Waals surface area contributed by atoms with Gasteiger partial charge in [0.25, 0.3) is 5.91 Å². The van der Waals surface area contributed by atoms with Crippen molar-refractivity contribution in [3.8, 4) is 0 Å². The average molecular weight is 458 g/mol. The number of hydrogen-bond donors (Lipinski definition) is 0. The topological polar surface area (TPSA) is 26.8 Å². The van der Waals surface area contributed by atoms with E-state index in [-0.39, 0.29) is 11.9 Å². The second-order valence-corrected chi connectivity index (χ2v) is 10.2. The molecule has 0 radical (unpaired) electrons. The highest BCUT2D eigenvalue weighted by Crippen LogP contribution is 2.36. The number of amides is 1. The van der Waals surface area contributed by atoms with Gasteiger partial charge in [0, 0.05) is 60.7 Å². The van der Waals surface area contributed by atoms with Crippen LogP contribution in [0, 0.1) is 6.92 Å². The monoisotopic (exact) mass is 457 g/mol. The molecule has 3 aromatic carbocycles. The van der Waals surface area contributed by atoms with Gasteiger partial charge in [-0.15, -0.1) is 11.8 Å². The standard InChI is InChI=1S/C28H31N3OS/c1-21-7-6-10-25(17-21)31-14-13-30(19-22(31)2)28(32)24-11-12-27-26(18-24)29(15-16-33-27)20-23-8-4-3-5-9-23/h3-12,17-18,22H,13-16,19-20H2,1-2H3/t22-/m0/s1. The number of rotatable bonds is 4. The van der Waals surface area contributed by atoms with Crippen molar-refractivity contribution >= 4 is 29.0 Å². The summed E-state index contributed by atoms with van der Waals surface area (Å²) in [6.07, 6.45) is 0. The van der Waals surface area contributed by atoms with Crippen LogP contribution in [0.4, 0.5) is 11.4 Å². The van der Waals surface area contributed by atoms with Crippen LogP contribution in [0.1, 0.15) is 28.4 Å². The number of carbonyl (C=O) groups excluding carboxylic acids is 1. The fourth-order valence-electron chi connectivity index (χ4n) is 4.89. The van der Waals surface area contributed by atoms with Crippen LogP contribution in [0.15, 0.2) is 77.7 Å². The Morgan fingerprint density at radius 2 is 1.82 bits per heavy atom. The van der Waals surface area contributed by atoms with Crippen LogP contribution in [-0.4, -0.2) is 48.8 Å². The average Bonchev–Trinajstić information content (AvgIpc) is 2.84. The van der Waals surface area contributed by atoms with Crippen LogP contribution in [0.25, 0.3) is 0 Å². The number of nitrogens with zero attached hydrogens (tertiary/aromatic N) is 3. The number of carbonyl (C=O) groups is 1. The van der Waals surface area contributed by atoms with E-state index >= 15 is 0 Å². The quantitative estimate of drug-likeness (QED) is 0.520. The minimum absolute atomic E-state index is 0.142. The summed E-state index contributed by atoms with van der Waals surface area (Å²) in [5.74, 6) is 1.22. The Morgan fingerprint density at radius 1 is 0.970 bits per heavy atom. The number of piperazine rings is 1. The molecule has 0 unspecified atom stereocenters. The van der Waals surface area contributed by atoms with Crippen molar-refractivity contribution in [3.63, 3.8) is 0 Å². The van der Waals surface area contributed by atoms with Gasteiger partial charge in [-0.25, -0.2) is 0 Å². The predicted octanol–water partition coefficient (Wildman–Crippen LogP) is 5.46. The van der Waals surface area contributed by atoms with Gasteiger partial charge < -0.3 is 14.7 Å². The molecule has 5 rings (SSSR count). The highest BCUT2D eigenvalue weighted by atomic mass is 32.2. The maximum Gasteiger partial charge on any atom is 0.254 e. The fourth-order valence-corrected chi connectivity index (χ4v) is 5.92. The molecule has 4 nitrogen and oxygen atoms in total. The second-order valence-electron chi connectivity index (χ2n) is 9.07. The van der Waals surface area contributed by atoms with Crippen molar-refractivity contribution in [2.45, 2.75) is 31.3 Å². The molecule has 1 saturated heterocycles. The lowest BCUT2D eigenvalue weighted by atomic mass is 10.1. The van der Waals surface area contributed by atoms with E-state index in [0.717, 1.165) is 44.0 Å². The molecular weight excluding hydrogens is 426 g/mol. The number of anilines is 2. The first-order chi connectivity index (χ1) is 16.1. The van der Waals surface area contributed by atoms with Crippen molar-refractivity contribution in [1.29, 1.82) is 0 Å². The summed E-state index contributed by atoms with van der Waals surface area (Å²) >= 11 is 1.89. The first-order valence-electron chi connectivity index (χ1n) is 11.8. The van der Waals surface area contributed by atoms with E-state index in [1.807, 2.05) is 22.7 Å². The van der Waals surface area contributed by atoms with E-state index in [0.29, 0.717) is 0 Å². The molecule has 33 heavy (non-hydrogen) atoms. The lowest BCUT2D eigenvalue weighted by molar-refractivity contribution is 0.0726. The van der Waals surface area contributed by atoms with E-state index in [1.54, 1.807) is 0 Å². The van der Waals surface area contributed by atoms with E-state index in [2.05, 4.69) is 90.4 Å². The van der Waals surface area contributed by atoms with Gasteiger partial charge in [-0.05, 0) is 55.3 Å². The van der Waals surface area contributed by atoms with Crippen LogP contribution in [0.5, 0.6) is 0 Å². The first kappa shape index (κ1) is 21.9. The summed E-state index contributed by atoms with van der Waals surface area (Å²) in [5.41, 5.74) is 5.80. The van der Waals surface area contributed by atoms with Crippen molar-refractivity contribution in [2.24, 2.45) is 0 Å². The molecule has 2 aliphatic heterocycles. The van der Waals surface area contributed by atoms with Gasteiger partial charge >= 0.3 is 0 Å². The number of hydrogen-bond acceptors (Lipinski definition) is 4. The van der Waals surface area contributed by atoms with Gasteiger partial charge in [-0.1, -0.05) is 42.5 Å². The van der Waals surface area contributed by atoms with Gasteiger partial charge in [0.05, 0.1) is 5.69 Å². The van der Waals surface area contributed by atoms with Crippen molar-refractivity contribution in [3.05, 3.63) is 89.5 Å². The van der Waals surface area contributed by atoms with Gasteiger partial charge in [0.2, 0.25) is 0 Å². The normalized spacial score (nSPS) is 18.2. The minimum Gasteiger partial charge on any atom is -0.365 e. The lowest BCUT2D eigenvalue weighted by Crippen LogP contribution is -2.53. The zero-order valence-corrected chi connectivity index (χ0v) is 20.2. The SMILES string of the molecule is Cc1cccc(N2CCN(C(=O)c3ccc4c(c3)N(Cc3ccccc3)CCS4)C[C@@H]2C)c1. The van der Waals surface area contributed by atoms with Crippen molar-refractivity contribution in [2.75, 3.05) is 41.7 Å². The van der Waals surface area contributed by atoms with Crippen LogP contribution in [0.2, 0.25) is 0 Å². The van der Waals surface area contributed by atoms with Crippen LogP contribution in [-0.2, 0) is 6.54 Å². The lowest BCUT2D eigenvalue weighted by Gasteiger charge is -2.41. The third kappa shape index (κ3) is 4.74. The van der Waals surface area contributed by atoms with Crippen molar-refractivity contribution < 1.29 is 4.79 Å². The van der Waals surface area contributed by atoms with Crippen molar-refractivity contribution in [1.82, 2.24) is 4.90 Å². The maximum atomic E-state index is 13.5. The molecule has 0 aliphatic carbocycles. The van der Waals surface area contributed by atoms with Gasteiger partial charge in [0.1, 0.15) is 0 Å². The summed E-state index contributed by atoms with van der Waals surface area (Å²) < 4.78 is 0. The summed E-state index contributed by atoms with van der Waals surface area (Å²) in [5, 5.41) is 0. The van der Waals surface area contributed by atoms with Gasteiger partial charge in [-0.3, -0.25) is 4.79 Å². The van der Waals surface area contributed by atoms with Gasteiger partial charge in [-0.2, -0.15) is 0 Å². The fraction of sp³-hybridized carbons (Fsp3) is 0.321. The summed E-state index contributed by atoms with van der Waals surface area (Å²) in [4.78, 5) is 21.6. The van der Waals surface area contributed by atoms with E-state index < -0.39 is 0 Å². The summed E-state index contributed by atoms with van der Waals surface area (Å²) in [6.45, 7) is 8.56. The van der Waals surface area contributed by atoms with Crippen LogP contribution in [0.3, 0.4) is 0 Å². The molecule has 0 spiro atoms. The molecule has 0 aromatic heterocycles. The molecule has 2 aliphatic rings. The molecule has 2 heterocycles. The Labute approximate surface area is 201 Å². The first-order valence-corrected chi connectivity index (χ1v) is 12.8. The summed E-state index contributed by atoms with van der Waals surface area (Å²) in [6, 6.07) is 25.8. The number of fused-ring (bicyclic) bond motifs is 1. The predicted molar refractivity (Wildman–Crippen MR) is 139 cm³/mol. The molecule has 1 atom stereocenters. The Morgan fingerprint density at radius 3 is 2.61 bits per heavy atom. The van der Waals surface area contributed by atoms with E-state index in [1.165, 1.54) is 27.4 Å². The van der Waals surface area contributed by atoms with Crippen LogP contribution < -0.4 is 9.80 Å². The summed E-state index contributed by atoms with van der Waals surface area (Å²) in [7, 11) is 0. The Hall–Kier alpha value is -2.92. The van der Waals surface area contributed by atoms with E-state index in [4.69, 9.17) is 0 Å². The maximum absolute atomic E-state index is 13.5. The Balaban J connectivity index is 1.32. The second kappa shape index (κ2) is 9.52. The highest BCUT2D eigenvalue weighted by Gasteiger charge is 2.28. The number of thioether (sulfide) groups is 1. The number of benzene rings is 3. The smallest absolute Gasteiger partial charge is 0.254 e. The molecule has 0 saturated carbocycles. The third-order valence-electron chi connectivity index (χ3n) is 6.63. The number of aryl methyl sites for hydroxylation is 1. The largest absolute Gasteiger partial charge is 0.365 e. The highest BCUT2D eigenvalue weighted by molar-refractivity contribution is 7.99. The molecule has 1 fully saturated rings. The van der Waals surface area contributed by atoms with Gasteiger partial charge in [0.15, 0.2) is 0 Å². The zero-order valence-electron chi connectivity index (χ0n) is 19.4. The molecule has 5 heteroatoms. The van der Waals surface area contributed by atoms with Crippen LogP contribution >= 0.6 is 11.8 Å². The molecule has 0 N–H and O–H groups in total. The Kier molecular flexibility index (Phi) is 6.32. The van der Waals surface area contributed by atoms with E-state index in [9.17, 15) is 4.79 Å². The third-order valence-corrected chi connectivity index (χ3v) is 7.67. The zero-order chi connectivity index (χ0) is 22.8.